The largest absolute Gasteiger partial charge is 0.341 e. The van der Waals surface area contributed by atoms with Crippen LogP contribution in [0, 0.1) is 5.92 Å². The van der Waals surface area contributed by atoms with Crippen molar-refractivity contribution in [2.24, 2.45) is 5.92 Å². The molecule has 1 saturated heterocycles. The molecule has 5 heteroatoms. The van der Waals surface area contributed by atoms with E-state index in [1.165, 1.54) is 0 Å². The maximum absolute atomic E-state index is 11.2. The van der Waals surface area contributed by atoms with E-state index < -0.39 is 0 Å². The first-order valence-corrected chi connectivity index (χ1v) is 4.96. The van der Waals surface area contributed by atoms with Crippen molar-refractivity contribution in [1.82, 2.24) is 15.1 Å². The first-order chi connectivity index (χ1) is 6.27. The third-order valence-corrected chi connectivity index (χ3v) is 2.64. The predicted octanol–water partition coefficient (Wildman–Crippen LogP) is 0.781. The highest BCUT2D eigenvalue weighted by Gasteiger charge is 2.21. The Morgan fingerprint density at radius 3 is 2.62 bits per heavy atom. The molecule has 76 valence electrons. The first kappa shape index (κ1) is 10.6. The minimum Gasteiger partial charge on any atom is -0.341 e. The lowest BCUT2D eigenvalue weighted by Gasteiger charge is -2.31. The quantitative estimate of drug-likeness (QED) is 0.655. The summed E-state index contributed by atoms with van der Waals surface area (Å²) in [6, 6.07) is 0.0253. The van der Waals surface area contributed by atoms with Crippen molar-refractivity contribution in [3.63, 3.8) is 0 Å². The fourth-order valence-corrected chi connectivity index (χ4v) is 1.83. The van der Waals surface area contributed by atoms with E-state index in [-0.39, 0.29) is 6.03 Å². The van der Waals surface area contributed by atoms with Gasteiger partial charge in [-0.2, -0.15) is 0 Å². The molecule has 4 nitrogen and oxygen atoms in total. The molecule has 1 aliphatic heterocycles. The van der Waals surface area contributed by atoms with Crippen LogP contribution in [0.15, 0.2) is 0 Å². The van der Waals surface area contributed by atoms with Crippen molar-refractivity contribution >= 4 is 17.8 Å². The third kappa shape index (κ3) is 3.04. The minimum absolute atomic E-state index is 0.0253. The summed E-state index contributed by atoms with van der Waals surface area (Å²) in [7, 11) is 1.66. The summed E-state index contributed by atoms with van der Waals surface area (Å²) in [5, 5.41) is 2.63. The first-order valence-electron chi connectivity index (χ1n) is 4.58. The molecule has 0 aromatic rings. The number of nitrogens with one attached hydrogen (secondary N) is 2. The second-order valence-corrected chi connectivity index (χ2v) is 3.59. The smallest absolute Gasteiger partial charge is 0.317 e. The van der Waals surface area contributed by atoms with Crippen molar-refractivity contribution in [1.29, 1.82) is 0 Å². The zero-order valence-corrected chi connectivity index (χ0v) is 8.60. The average molecular weight is 206 g/mol. The third-order valence-electron chi connectivity index (χ3n) is 2.48. The zero-order chi connectivity index (χ0) is 9.68. The maximum Gasteiger partial charge on any atom is 0.317 e. The van der Waals surface area contributed by atoms with Crippen LogP contribution in [0.4, 0.5) is 4.79 Å². The van der Waals surface area contributed by atoms with Gasteiger partial charge in [-0.05, 0) is 30.5 Å². The lowest BCUT2D eigenvalue weighted by atomic mass is 9.97. The highest BCUT2D eigenvalue weighted by atomic mass is 35.5. The molecule has 2 N–H and O–H groups in total. The van der Waals surface area contributed by atoms with Crippen molar-refractivity contribution in [2.75, 3.05) is 26.7 Å². The van der Waals surface area contributed by atoms with Gasteiger partial charge in [0.25, 0.3) is 0 Å². The second kappa shape index (κ2) is 5.29. The molecule has 0 saturated carbocycles. The summed E-state index contributed by atoms with van der Waals surface area (Å²) in [6.45, 7) is 2.51. The number of nitrogens with zero attached hydrogens (tertiary/aromatic N) is 1. The van der Waals surface area contributed by atoms with E-state index in [9.17, 15) is 4.79 Å². The minimum atomic E-state index is 0.0253. The molecule has 0 bridgehead atoms. The van der Waals surface area contributed by atoms with Crippen LogP contribution in [0.2, 0.25) is 0 Å². The van der Waals surface area contributed by atoms with Gasteiger partial charge in [0.15, 0.2) is 0 Å². The highest BCUT2D eigenvalue weighted by molar-refractivity contribution is 6.13. The van der Waals surface area contributed by atoms with Gasteiger partial charge in [-0.15, -0.1) is 0 Å². The molecule has 1 rings (SSSR count). The molecule has 0 aliphatic carbocycles. The van der Waals surface area contributed by atoms with Crippen LogP contribution < -0.4 is 10.2 Å². The maximum atomic E-state index is 11.2. The molecule has 0 aromatic heterocycles. The van der Waals surface area contributed by atoms with Crippen LogP contribution >= 0.6 is 11.8 Å². The van der Waals surface area contributed by atoms with E-state index in [2.05, 4.69) is 10.2 Å². The second-order valence-electron chi connectivity index (χ2n) is 3.32. The number of rotatable bonds is 2. The molecule has 0 unspecified atom stereocenters. The Balaban J connectivity index is 2.26. The molecule has 0 radical (unpaired) electrons. The van der Waals surface area contributed by atoms with Gasteiger partial charge >= 0.3 is 6.03 Å². The van der Waals surface area contributed by atoms with Crippen molar-refractivity contribution < 1.29 is 4.79 Å². The van der Waals surface area contributed by atoms with Gasteiger partial charge in [-0.3, -0.25) is 0 Å². The van der Waals surface area contributed by atoms with Gasteiger partial charge in [0, 0.05) is 26.7 Å². The number of piperidine rings is 1. The Bertz CT molecular complexity index is 169. The number of urea groups is 1. The Morgan fingerprint density at radius 2 is 2.15 bits per heavy atom. The zero-order valence-electron chi connectivity index (χ0n) is 7.85. The molecular formula is C8H16ClN3O. The lowest BCUT2D eigenvalue weighted by molar-refractivity contribution is 0.173. The van der Waals surface area contributed by atoms with Gasteiger partial charge < -0.3 is 10.2 Å². The molecule has 2 amide bonds. The Hall–Kier alpha value is -0.480. The van der Waals surface area contributed by atoms with Crippen molar-refractivity contribution in [3.8, 4) is 0 Å². The molecular weight excluding hydrogens is 190 g/mol. The molecule has 13 heavy (non-hydrogen) atoms. The summed E-state index contributed by atoms with van der Waals surface area (Å²) < 4.78 is 0. The Labute approximate surface area is 83.7 Å². The standard InChI is InChI=1S/C8H16ClN3O/c1-10-8(13)12-4-2-7(3-5-12)6-11-9/h7,11H,2-6H2,1H3,(H,10,13). The molecule has 1 heterocycles. The van der Waals surface area contributed by atoms with E-state index in [0.29, 0.717) is 5.92 Å². The van der Waals surface area contributed by atoms with Crippen LogP contribution in [0.3, 0.4) is 0 Å². The summed E-state index contributed by atoms with van der Waals surface area (Å²) in [5.74, 6) is 0.610. The normalized spacial score (nSPS) is 18.8. The number of halogens is 1. The summed E-state index contributed by atoms with van der Waals surface area (Å²) in [4.78, 5) is 15.7. The van der Waals surface area contributed by atoms with E-state index >= 15 is 0 Å². The van der Waals surface area contributed by atoms with Gasteiger partial charge in [-0.1, -0.05) is 0 Å². The Kier molecular flexibility index (Phi) is 4.32. The SMILES string of the molecule is CNC(=O)N1CCC(CNCl)CC1. The van der Waals surface area contributed by atoms with Gasteiger partial charge in [0.2, 0.25) is 0 Å². The number of carbonyl (C=O) groups is 1. The molecule has 0 aromatic carbocycles. The molecule has 0 atom stereocenters. The fourth-order valence-electron chi connectivity index (χ4n) is 1.61. The molecule has 0 spiro atoms. The monoisotopic (exact) mass is 205 g/mol. The summed E-state index contributed by atoms with van der Waals surface area (Å²) in [5.41, 5.74) is 0. The number of likely N-dealkylation sites (tertiary alicyclic amines) is 1. The molecule has 1 aliphatic rings. The Morgan fingerprint density at radius 1 is 1.54 bits per heavy atom. The van der Waals surface area contributed by atoms with Crippen LogP contribution in [-0.2, 0) is 0 Å². The number of amides is 2. The van der Waals surface area contributed by atoms with Crippen LogP contribution in [0.25, 0.3) is 0 Å². The van der Waals surface area contributed by atoms with E-state index in [4.69, 9.17) is 11.8 Å². The van der Waals surface area contributed by atoms with Crippen LogP contribution in [0.1, 0.15) is 12.8 Å². The lowest BCUT2D eigenvalue weighted by Crippen LogP contribution is -2.44. The number of hydrogen-bond acceptors (Lipinski definition) is 2. The fraction of sp³-hybridized carbons (Fsp3) is 0.875. The van der Waals surface area contributed by atoms with Crippen LogP contribution in [0.5, 0.6) is 0 Å². The predicted molar refractivity (Wildman–Crippen MR) is 52.6 cm³/mol. The average Bonchev–Trinajstić information content (AvgIpc) is 2.18. The van der Waals surface area contributed by atoms with Gasteiger partial charge in [-0.25, -0.2) is 9.63 Å². The van der Waals surface area contributed by atoms with Gasteiger partial charge in [0.1, 0.15) is 0 Å². The van der Waals surface area contributed by atoms with Gasteiger partial charge in [0.05, 0.1) is 0 Å². The van der Waals surface area contributed by atoms with Crippen molar-refractivity contribution in [3.05, 3.63) is 0 Å². The van der Waals surface area contributed by atoms with Crippen molar-refractivity contribution in [2.45, 2.75) is 12.8 Å². The van der Waals surface area contributed by atoms with E-state index in [1.54, 1.807) is 7.05 Å². The summed E-state index contributed by atoms with van der Waals surface area (Å²) in [6.07, 6.45) is 2.07. The topological polar surface area (TPSA) is 44.4 Å². The van der Waals surface area contributed by atoms with E-state index in [1.807, 2.05) is 4.90 Å². The number of hydrogen-bond donors (Lipinski definition) is 2. The van der Waals surface area contributed by atoms with Crippen LogP contribution in [-0.4, -0.2) is 37.6 Å². The van der Waals surface area contributed by atoms with E-state index in [0.717, 1.165) is 32.5 Å². The number of carbonyl (C=O) groups excluding carboxylic acids is 1. The molecule has 1 fully saturated rings. The summed E-state index contributed by atoms with van der Waals surface area (Å²) >= 11 is 5.42. The highest BCUT2D eigenvalue weighted by Crippen LogP contribution is 2.16.